The highest BCUT2D eigenvalue weighted by molar-refractivity contribution is 6.30. The smallest absolute Gasteiger partial charge is 0.275 e. The van der Waals surface area contributed by atoms with Gasteiger partial charge in [0.15, 0.2) is 0 Å². The quantitative estimate of drug-likeness (QED) is 0.675. The molecule has 1 heterocycles. The molecule has 0 saturated heterocycles. The monoisotopic (exact) mass is 296 g/mol. The van der Waals surface area contributed by atoms with Crippen LogP contribution >= 0.6 is 11.6 Å². The fourth-order valence-electron chi connectivity index (χ4n) is 1.77. The van der Waals surface area contributed by atoms with Crippen molar-refractivity contribution in [3.8, 4) is 0 Å². The second-order valence-electron chi connectivity index (χ2n) is 4.30. The molecule has 1 aromatic carbocycles. The first-order chi connectivity index (χ1) is 9.51. The topological polar surface area (TPSA) is 94.1 Å². The van der Waals surface area contributed by atoms with Crippen molar-refractivity contribution in [2.75, 3.05) is 0 Å². The molecule has 7 nitrogen and oxygen atoms in total. The van der Waals surface area contributed by atoms with E-state index < -0.39 is 11.0 Å². The maximum absolute atomic E-state index is 11.0. The molecule has 0 fully saturated rings. The fraction of sp³-hybridized carbons (Fsp3) is 0.333. The Bertz CT molecular complexity index is 629. The summed E-state index contributed by atoms with van der Waals surface area (Å²) in [6.07, 6.45) is 1.43. The highest BCUT2D eigenvalue weighted by atomic mass is 35.5. The number of hydrogen-bond acceptors (Lipinski definition) is 5. The number of rotatable bonds is 5. The number of benzene rings is 1. The Kier molecular flexibility index (Phi) is 4.31. The van der Waals surface area contributed by atoms with Gasteiger partial charge < -0.3 is 5.11 Å². The van der Waals surface area contributed by atoms with Crippen LogP contribution in [0.5, 0.6) is 0 Å². The van der Waals surface area contributed by atoms with Gasteiger partial charge in [0.2, 0.25) is 0 Å². The molecule has 0 aliphatic rings. The van der Waals surface area contributed by atoms with E-state index in [9.17, 15) is 15.2 Å². The van der Waals surface area contributed by atoms with E-state index in [0.29, 0.717) is 22.7 Å². The van der Waals surface area contributed by atoms with E-state index in [0.717, 1.165) is 0 Å². The number of nitro benzene ring substituents is 1. The number of nitrogens with zero attached hydrogens (tertiary/aromatic N) is 4. The summed E-state index contributed by atoms with van der Waals surface area (Å²) in [5.41, 5.74) is 0.858. The van der Waals surface area contributed by atoms with Gasteiger partial charge in [0.25, 0.3) is 5.69 Å². The van der Waals surface area contributed by atoms with Crippen LogP contribution in [-0.2, 0) is 6.54 Å². The van der Waals surface area contributed by atoms with Crippen molar-refractivity contribution in [3.63, 3.8) is 0 Å². The minimum absolute atomic E-state index is 0.0643. The molecule has 8 heteroatoms. The Morgan fingerprint density at radius 2 is 2.30 bits per heavy atom. The lowest BCUT2D eigenvalue weighted by Gasteiger charge is -2.03. The number of aliphatic hydroxyl groups is 1. The molecular formula is C12H13ClN4O3. The van der Waals surface area contributed by atoms with Crippen LogP contribution in [0.3, 0.4) is 0 Å². The predicted molar refractivity (Wildman–Crippen MR) is 72.5 cm³/mol. The maximum atomic E-state index is 11.0. The molecule has 0 amide bonds. The molecule has 2 rings (SSSR count). The lowest BCUT2D eigenvalue weighted by atomic mass is 10.2. The normalized spacial score (nSPS) is 12.3. The zero-order chi connectivity index (χ0) is 14.7. The Balaban J connectivity index is 2.26. The third-order valence-electron chi connectivity index (χ3n) is 2.86. The Morgan fingerprint density at radius 1 is 1.55 bits per heavy atom. The molecule has 1 N–H and O–H groups in total. The van der Waals surface area contributed by atoms with E-state index >= 15 is 0 Å². The molecule has 1 unspecified atom stereocenters. The highest BCUT2D eigenvalue weighted by Crippen LogP contribution is 2.24. The van der Waals surface area contributed by atoms with Gasteiger partial charge in [-0.25, -0.2) is 4.68 Å². The van der Waals surface area contributed by atoms with Gasteiger partial charge in [0.05, 0.1) is 29.3 Å². The van der Waals surface area contributed by atoms with Crippen molar-refractivity contribution < 1.29 is 10.0 Å². The van der Waals surface area contributed by atoms with Crippen LogP contribution < -0.4 is 0 Å². The summed E-state index contributed by atoms with van der Waals surface area (Å²) >= 11 is 5.76. The summed E-state index contributed by atoms with van der Waals surface area (Å²) in [7, 11) is 0. The molecular weight excluding hydrogens is 284 g/mol. The largest absolute Gasteiger partial charge is 0.387 e. The molecule has 1 aromatic heterocycles. The zero-order valence-corrected chi connectivity index (χ0v) is 11.5. The van der Waals surface area contributed by atoms with Gasteiger partial charge in [-0.05, 0) is 18.6 Å². The summed E-state index contributed by atoms with van der Waals surface area (Å²) < 4.78 is 1.45. The van der Waals surface area contributed by atoms with Gasteiger partial charge in [-0.15, -0.1) is 5.10 Å². The molecule has 0 aliphatic heterocycles. The molecule has 0 bridgehead atoms. The van der Waals surface area contributed by atoms with Crippen molar-refractivity contribution in [2.45, 2.75) is 26.0 Å². The predicted octanol–water partition coefficient (Wildman–Crippen LogP) is 2.33. The van der Waals surface area contributed by atoms with Crippen LogP contribution in [0.4, 0.5) is 5.69 Å². The Hall–Kier alpha value is -1.99. The number of aromatic nitrogens is 3. The first kappa shape index (κ1) is 14.4. The lowest BCUT2D eigenvalue weighted by molar-refractivity contribution is -0.385. The summed E-state index contributed by atoms with van der Waals surface area (Å²) in [5.74, 6) is 0. The van der Waals surface area contributed by atoms with Crippen molar-refractivity contribution >= 4 is 17.3 Å². The fourth-order valence-corrected chi connectivity index (χ4v) is 1.93. The van der Waals surface area contributed by atoms with Gasteiger partial charge in [-0.1, -0.05) is 23.7 Å². The van der Waals surface area contributed by atoms with E-state index in [-0.39, 0.29) is 12.2 Å². The lowest BCUT2D eigenvalue weighted by Crippen LogP contribution is -2.04. The summed E-state index contributed by atoms with van der Waals surface area (Å²) in [6, 6.07) is 4.47. The standard InChI is InChI=1S/C12H13ClN4O3/c1-2-12(18)10-7-16(15-14-10)6-8-3-4-9(13)5-11(8)17(19)20/h3-5,7,12,18H,2,6H2,1H3. The minimum atomic E-state index is -0.677. The number of hydrogen-bond donors (Lipinski definition) is 1. The van der Waals surface area contributed by atoms with Gasteiger partial charge in [0, 0.05) is 11.1 Å². The number of halogens is 1. The maximum Gasteiger partial charge on any atom is 0.275 e. The van der Waals surface area contributed by atoms with E-state index in [2.05, 4.69) is 10.3 Å². The molecule has 0 radical (unpaired) electrons. The van der Waals surface area contributed by atoms with E-state index in [1.165, 1.54) is 10.7 Å². The molecule has 0 spiro atoms. The Labute approximate surface area is 119 Å². The van der Waals surface area contributed by atoms with Crippen molar-refractivity contribution in [1.29, 1.82) is 0 Å². The molecule has 0 aliphatic carbocycles. The Morgan fingerprint density at radius 3 is 2.95 bits per heavy atom. The highest BCUT2D eigenvalue weighted by Gasteiger charge is 2.16. The first-order valence-corrected chi connectivity index (χ1v) is 6.40. The van der Waals surface area contributed by atoms with Gasteiger partial charge in [-0.3, -0.25) is 10.1 Å². The first-order valence-electron chi connectivity index (χ1n) is 6.02. The summed E-state index contributed by atoms with van der Waals surface area (Å²) in [4.78, 5) is 10.5. The van der Waals surface area contributed by atoms with Crippen LogP contribution in [0.15, 0.2) is 24.4 Å². The second-order valence-corrected chi connectivity index (χ2v) is 4.73. The summed E-state index contributed by atoms with van der Waals surface area (Å²) in [6.45, 7) is 2.02. The molecule has 20 heavy (non-hydrogen) atoms. The van der Waals surface area contributed by atoms with E-state index in [1.54, 1.807) is 18.3 Å². The zero-order valence-electron chi connectivity index (χ0n) is 10.7. The molecule has 0 saturated carbocycles. The average Bonchev–Trinajstić information content (AvgIpc) is 2.88. The van der Waals surface area contributed by atoms with Crippen LogP contribution in [0.1, 0.15) is 30.7 Å². The van der Waals surface area contributed by atoms with Crippen LogP contribution in [-0.4, -0.2) is 25.0 Å². The van der Waals surface area contributed by atoms with Gasteiger partial charge in [-0.2, -0.15) is 0 Å². The summed E-state index contributed by atoms with van der Waals surface area (Å²) in [5, 5.41) is 28.6. The van der Waals surface area contributed by atoms with Crippen molar-refractivity contribution in [3.05, 3.63) is 50.8 Å². The average molecular weight is 297 g/mol. The number of nitro groups is 1. The van der Waals surface area contributed by atoms with Crippen LogP contribution in [0, 0.1) is 10.1 Å². The molecule has 1 atom stereocenters. The molecule has 106 valence electrons. The van der Waals surface area contributed by atoms with Gasteiger partial charge >= 0.3 is 0 Å². The van der Waals surface area contributed by atoms with E-state index in [4.69, 9.17) is 11.6 Å². The number of aliphatic hydroxyl groups excluding tert-OH is 1. The third kappa shape index (κ3) is 3.12. The van der Waals surface area contributed by atoms with Crippen LogP contribution in [0.2, 0.25) is 5.02 Å². The molecule has 2 aromatic rings. The van der Waals surface area contributed by atoms with Crippen LogP contribution in [0.25, 0.3) is 0 Å². The third-order valence-corrected chi connectivity index (χ3v) is 3.10. The van der Waals surface area contributed by atoms with E-state index in [1.807, 2.05) is 6.92 Å². The second kappa shape index (κ2) is 5.98. The SMILES string of the molecule is CCC(O)c1cn(Cc2ccc(Cl)cc2[N+](=O)[O-])nn1. The van der Waals surface area contributed by atoms with Crippen molar-refractivity contribution in [2.24, 2.45) is 0 Å². The van der Waals surface area contributed by atoms with Crippen molar-refractivity contribution in [1.82, 2.24) is 15.0 Å². The van der Waals surface area contributed by atoms with Gasteiger partial charge in [0.1, 0.15) is 5.69 Å². The minimum Gasteiger partial charge on any atom is -0.387 e.